The zero-order chi connectivity index (χ0) is 21.1. The lowest BCUT2D eigenvalue weighted by Crippen LogP contribution is -2.42. The first-order chi connectivity index (χ1) is 14.6. The molecule has 2 amide bonds. The summed E-state index contributed by atoms with van der Waals surface area (Å²) >= 11 is 0. The first kappa shape index (κ1) is 19.7. The van der Waals surface area contributed by atoms with E-state index in [9.17, 15) is 9.59 Å². The maximum Gasteiger partial charge on any atom is 0.267 e. The molecule has 154 valence electrons. The molecule has 2 fully saturated rings. The van der Waals surface area contributed by atoms with Gasteiger partial charge in [-0.2, -0.15) is 5.26 Å². The Morgan fingerprint density at radius 3 is 2.73 bits per heavy atom. The number of nitrogens with zero attached hydrogens (tertiary/aromatic N) is 7. The van der Waals surface area contributed by atoms with Crippen molar-refractivity contribution in [2.24, 2.45) is 11.7 Å². The van der Waals surface area contributed by atoms with E-state index < -0.39 is 5.91 Å². The number of aromatic nitrogens is 4. The van der Waals surface area contributed by atoms with Gasteiger partial charge < -0.3 is 10.6 Å². The molecule has 2 aromatic rings. The zero-order valence-corrected chi connectivity index (χ0v) is 16.1. The van der Waals surface area contributed by atoms with E-state index in [2.05, 4.69) is 19.9 Å². The normalized spacial score (nSPS) is 19.5. The number of carbonyl (C=O) groups is 2. The van der Waals surface area contributed by atoms with Crippen molar-refractivity contribution in [3.63, 3.8) is 0 Å². The van der Waals surface area contributed by atoms with Crippen molar-refractivity contribution in [3.8, 4) is 6.07 Å². The largest absolute Gasteiger partial charge is 0.364 e. The van der Waals surface area contributed by atoms with Gasteiger partial charge in [0.1, 0.15) is 17.8 Å². The summed E-state index contributed by atoms with van der Waals surface area (Å²) in [7, 11) is 0. The molecule has 1 atom stereocenters. The van der Waals surface area contributed by atoms with Crippen LogP contribution < -0.4 is 10.6 Å². The van der Waals surface area contributed by atoms with E-state index in [-0.39, 0.29) is 29.3 Å². The molecule has 2 saturated heterocycles. The van der Waals surface area contributed by atoms with Crippen molar-refractivity contribution in [1.29, 1.82) is 5.26 Å². The lowest BCUT2D eigenvalue weighted by Gasteiger charge is -2.33. The number of nitrogens with two attached hydrogens (primary N) is 1. The second kappa shape index (κ2) is 8.38. The van der Waals surface area contributed by atoms with Crippen LogP contribution in [-0.4, -0.2) is 56.5 Å². The molecule has 0 radical (unpaired) electrons. The summed E-state index contributed by atoms with van der Waals surface area (Å²) in [6.07, 6.45) is 6.24. The number of hydroxylamine groups is 2. The van der Waals surface area contributed by atoms with Crippen LogP contribution in [0.5, 0.6) is 0 Å². The van der Waals surface area contributed by atoms with Crippen molar-refractivity contribution in [1.82, 2.24) is 25.0 Å². The molecule has 0 spiro atoms. The van der Waals surface area contributed by atoms with Gasteiger partial charge in [0.15, 0.2) is 5.69 Å². The van der Waals surface area contributed by atoms with Crippen molar-refractivity contribution in [2.75, 3.05) is 24.6 Å². The fraction of sp³-hybridized carbons (Fsp3) is 0.421. The van der Waals surface area contributed by atoms with Gasteiger partial charge in [-0.25, -0.2) is 20.0 Å². The van der Waals surface area contributed by atoms with Gasteiger partial charge in [-0.05, 0) is 18.9 Å². The first-order valence-electron chi connectivity index (χ1n) is 9.62. The number of hydrogen-bond donors (Lipinski definition) is 1. The number of anilines is 1. The number of rotatable bonds is 4. The molecule has 0 bridgehead atoms. The van der Waals surface area contributed by atoms with Crippen LogP contribution in [-0.2, 0) is 9.63 Å². The van der Waals surface area contributed by atoms with Gasteiger partial charge in [0.25, 0.3) is 5.91 Å². The van der Waals surface area contributed by atoms with Gasteiger partial charge in [0.05, 0.1) is 24.7 Å². The Bertz CT molecular complexity index is 999. The SMILES string of the molecule is N#Cc1cncc([C@@H]2CCON2C(=O)C2CCN(c3nccc(C(N)=O)n3)CC2)n1. The van der Waals surface area contributed by atoms with Gasteiger partial charge in [0, 0.05) is 31.6 Å². The van der Waals surface area contributed by atoms with E-state index in [4.69, 9.17) is 15.8 Å². The third-order valence-electron chi connectivity index (χ3n) is 5.25. The summed E-state index contributed by atoms with van der Waals surface area (Å²) in [6.45, 7) is 1.54. The minimum atomic E-state index is -0.607. The van der Waals surface area contributed by atoms with Crippen molar-refractivity contribution < 1.29 is 14.4 Å². The van der Waals surface area contributed by atoms with Crippen molar-refractivity contribution in [2.45, 2.75) is 25.3 Å². The van der Waals surface area contributed by atoms with E-state index in [0.29, 0.717) is 50.6 Å². The first-order valence-corrected chi connectivity index (χ1v) is 9.62. The number of primary amides is 1. The van der Waals surface area contributed by atoms with Crippen molar-refractivity contribution >= 4 is 17.8 Å². The molecule has 4 heterocycles. The monoisotopic (exact) mass is 408 g/mol. The van der Waals surface area contributed by atoms with E-state index in [1.165, 1.54) is 23.5 Å². The lowest BCUT2D eigenvalue weighted by molar-refractivity contribution is -0.182. The summed E-state index contributed by atoms with van der Waals surface area (Å²) in [5.74, 6) is -0.498. The Balaban J connectivity index is 1.42. The Morgan fingerprint density at radius 2 is 2.00 bits per heavy atom. The lowest BCUT2D eigenvalue weighted by atomic mass is 9.95. The maximum atomic E-state index is 13.1. The molecule has 11 nitrogen and oxygen atoms in total. The number of nitriles is 1. The molecular formula is C19H20N8O3. The summed E-state index contributed by atoms with van der Waals surface area (Å²) in [6, 6.07) is 3.08. The Hall–Kier alpha value is -3.65. The summed E-state index contributed by atoms with van der Waals surface area (Å²) in [5.41, 5.74) is 6.20. The molecule has 0 saturated carbocycles. The molecule has 30 heavy (non-hydrogen) atoms. The highest BCUT2D eigenvalue weighted by Crippen LogP contribution is 2.32. The van der Waals surface area contributed by atoms with Crippen LogP contribution in [0.4, 0.5) is 5.95 Å². The predicted octanol–water partition coefficient (Wildman–Crippen LogP) is 0.359. The average molecular weight is 408 g/mol. The molecule has 0 unspecified atom stereocenters. The molecular weight excluding hydrogens is 388 g/mol. The number of carbonyl (C=O) groups excluding carboxylic acids is 2. The highest BCUT2D eigenvalue weighted by atomic mass is 16.7. The third-order valence-corrected chi connectivity index (χ3v) is 5.25. The Kier molecular flexibility index (Phi) is 5.49. The minimum absolute atomic E-state index is 0.104. The second-order valence-corrected chi connectivity index (χ2v) is 7.11. The van der Waals surface area contributed by atoms with Crippen LogP contribution in [0.1, 0.15) is 47.2 Å². The molecule has 0 aliphatic carbocycles. The van der Waals surface area contributed by atoms with E-state index in [1.807, 2.05) is 11.0 Å². The van der Waals surface area contributed by atoms with Crippen LogP contribution in [0.15, 0.2) is 24.7 Å². The number of piperidine rings is 1. The van der Waals surface area contributed by atoms with E-state index >= 15 is 0 Å². The van der Waals surface area contributed by atoms with Crippen LogP contribution in [0, 0.1) is 17.2 Å². The molecule has 4 rings (SSSR count). The summed E-state index contributed by atoms with van der Waals surface area (Å²) in [4.78, 5) is 48.7. The van der Waals surface area contributed by atoms with Crippen LogP contribution in [0.2, 0.25) is 0 Å². The zero-order valence-electron chi connectivity index (χ0n) is 16.1. The van der Waals surface area contributed by atoms with E-state index in [0.717, 1.165) is 0 Å². The topological polar surface area (TPSA) is 151 Å². The van der Waals surface area contributed by atoms with Crippen LogP contribution in [0.25, 0.3) is 0 Å². The van der Waals surface area contributed by atoms with Crippen LogP contribution >= 0.6 is 0 Å². The maximum absolute atomic E-state index is 13.1. The van der Waals surface area contributed by atoms with Crippen molar-refractivity contribution in [3.05, 3.63) is 41.7 Å². The van der Waals surface area contributed by atoms with E-state index in [1.54, 1.807) is 6.20 Å². The number of hydrogen-bond acceptors (Lipinski definition) is 9. The number of amides is 2. The smallest absolute Gasteiger partial charge is 0.267 e. The molecule has 11 heteroatoms. The quantitative estimate of drug-likeness (QED) is 0.756. The molecule has 2 aromatic heterocycles. The van der Waals surface area contributed by atoms with Gasteiger partial charge in [-0.15, -0.1) is 0 Å². The predicted molar refractivity (Wildman–Crippen MR) is 102 cm³/mol. The molecule has 2 aliphatic rings. The minimum Gasteiger partial charge on any atom is -0.364 e. The third kappa shape index (κ3) is 3.90. The molecule has 2 N–H and O–H groups in total. The molecule has 0 aromatic carbocycles. The fourth-order valence-corrected chi connectivity index (χ4v) is 3.69. The standard InChI is InChI=1S/C19H20N8O3/c20-9-13-10-22-11-15(24-13)16-4-8-30-27(16)18(29)12-2-6-26(7-3-12)19-23-5-1-14(25-19)17(21)28/h1,5,10-12,16H,2-4,6-8H2,(H2,21,28)/t16-/m0/s1. The van der Waals surface area contributed by atoms with Gasteiger partial charge in [-0.3, -0.25) is 19.4 Å². The van der Waals surface area contributed by atoms with Gasteiger partial charge in [0.2, 0.25) is 11.9 Å². The highest BCUT2D eigenvalue weighted by Gasteiger charge is 2.38. The summed E-state index contributed by atoms with van der Waals surface area (Å²) < 4.78 is 0. The van der Waals surface area contributed by atoms with Gasteiger partial charge >= 0.3 is 0 Å². The Morgan fingerprint density at radius 1 is 1.20 bits per heavy atom. The average Bonchev–Trinajstić information content (AvgIpc) is 3.29. The summed E-state index contributed by atoms with van der Waals surface area (Å²) in [5, 5.41) is 10.4. The van der Waals surface area contributed by atoms with Gasteiger partial charge in [-0.1, -0.05) is 0 Å². The Labute approximate surface area is 172 Å². The molecule has 2 aliphatic heterocycles. The highest BCUT2D eigenvalue weighted by molar-refractivity contribution is 5.90. The fourth-order valence-electron chi connectivity index (χ4n) is 3.69. The second-order valence-electron chi connectivity index (χ2n) is 7.11. The van der Waals surface area contributed by atoms with Crippen LogP contribution in [0.3, 0.4) is 0 Å².